The minimum Gasteiger partial charge on any atom is -0.310 e. The third kappa shape index (κ3) is 1.33. The van der Waals surface area contributed by atoms with Gasteiger partial charge < -0.3 is 5.32 Å². The molecule has 1 heterocycles. The lowest BCUT2D eigenvalue weighted by atomic mass is 10.0. The molecule has 0 saturated heterocycles. The Morgan fingerprint density at radius 3 is 2.87 bits per heavy atom. The number of benzene rings is 1. The van der Waals surface area contributed by atoms with Gasteiger partial charge in [0.25, 0.3) is 0 Å². The van der Waals surface area contributed by atoms with Crippen molar-refractivity contribution < 1.29 is 0 Å². The molecule has 1 saturated carbocycles. The van der Waals surface area contributed by atoms with Crippen LogP contribution in [0.25, 0.3) is 10.9 Å². The summed E-state index contributed by atoms with van der Waals surface area (Å²) in [5, 5.41) is 4.65. The summed E-state index contributed by atoms with van der Waals surface area (Å²) in [5.41, 5.74) is 2.72. The van der Waals surface area contributed by atoms with E-state index < -0.39 is 0 Å². The van der Waals surface area contributed by atoms with Gasteiger partial charge >= 0.3 is 0 Å². The highest BCUT2D eigenvalue weighted by atomic mass is 15.0. The number of fused-ring (bicyclic) bond motifs is 1. The summed E-state index contributed by atoms with van der Waals surface area (Å²) in [5.74, 6) is 0. The summed E-state index contributed by atoms with van der Waals surface area (Å²) < 4.78 is 0. The maximum atomic E-state index is 4.33. The van der Waals surface area contributed by atoms with Crippen LogP contribution in [0.4, 0.5) is 0 Å². The van der Waals surface area contributed by atoms with E-state index in [0.717, 1.165) is 5.52 Å². The Kier molecular flexibility index (Phi) is 1.80. The van der Waals surface area contributed by atoms with Crippen LogP contribution >= 0.6 is 0 Å². The first-order valence-corrected chi connectivity index (χ1v) is 5.38. The number of nitrogens with zero attached hydrogens (tertiary/aromatic N) is 1. The molecule has 0 radical (unpaired) electrons. The molecule has 1 fully saturated rings. The summed E-state index contributed by atoms with van der Waals surface area (Å²) >= 11 is 0. The molecule has 0 spiro atoms. The van der Waals surface area contributed by atoms with Crippen molar-refractivity contribution in [1.29, 1.82) is 0 Å². The first kappa shape index (κ1) is 8.86. The van der Waals surface area contributed by atoms with Crippen LogP contribution in [0.1, 0.15) is 18.4 Å². The lowest BCUT2D eigenvalue weighted by Gasteiger charge is -2.14. The number of rotatable bonds is 2. The Bertz CT molecular complexity index is 501. The minimum absolute atomic E-state index is 0.254. The molecule has 0 atom stereocenters. The van der Waals surface area contributed by atoms with Crippen molar-refractivity contribution in [2.24, 2.45) is 0 Å². The molecule has 1 aliphatic rings. The van der Waals surface area contributed by atoms with E-state index >= 15 is 0 Å². The Hall–Kier alpha value is -1.41. The Balaban J connectivity index is 2.14. The van der Waals surface area contributed by atoms with Gasteiger partial charge in [-0.2, -0.15) is 0 Å². The lowest BCUT2D eigenvalue weighted by Crippen LogP contribution is -2.24. The maximum absolute atomic E-state index is 4.33. The van der Waals surface area contributed by atoms with Crippen molar-refractivity contribution in [2.45, 2.75) is 18.4 Å². The highest BCUT2D eigenvalue weighted by Gasteiger charge is 2.42. The van der Waals surface area contributed by atoms with Crippen LogP contribution in [0.3, 0.4) is 0 Å². The predicted molar refractivity (Wildman–Crippen MR) is 61.7 cm³/mol. The third-order valence-corrected chi connectivity index (χ3v) is 3.38. The number of nitrogens with one attached hydrogen (secondary N) is 1. The van der Waals surface area contributed by atoms with Crippen molar-refractivity contribution in [2.75, 3.05) is 7.05 Å². The van der Waals surface area contributed by atoms with E-state index in [1.165, 1.54) is 23.8 Å². The van der Waals surface area contributed by atoms with Gasteiger partial charge in [0.1, 0.15) is 0 Å². The molecule has 1 aliphatic carbocycles. The summed E-state index contributed by atoms with van der Waals surface area (Å²) in [6, 6.07) is 10.7. The molecule has 0 amide bonds. The van der Waals surface area contributed by atoms with Crippen LogP contribution in [0.15, 0.2) is 36.5 Å². The Morgan fingerprint density at radius 2 is 2.13 bits per heavy atom. The molecule has 2 aromatic rings. The van der Waals surface area contributed by atoms with E-state index in [2.05, 4.69) is 34.6 Å². The van der Waals surface area contributed by atoms with Gasteiger partial charge in [0.2, 0.25) is 0 Å². The van der Waals surface area contributed by atoms with Gasteiger partial charge in [-0.05, 0) is 43.7 Å². The summed E-state index contributed by atoms with van der Waals surface area (Å²) in [6.07, 6.45) is 4.33. The normalized spacial score (nSPS) is 17.9. The Labute approximate surface area is 89.3 Å². The van der Waals surface area contributed by atoms with E-state index in [9.17, 15) is 0 Å². The van der Waals surface area contributed by atoms with Crippen LogP contribution in [0.5, 0.6) is 0 Å². The van der Waals surface area contributed by atoms with E-state index in [0.29, 0.717) is 0 Å². The zero-order valence-corrected chi connectivity index (χ0v) is 8.83. The second-order valence-corrected chi connectivity index (χ2v) is 4.24. The van der Waals surface area contributed by atoms with Crippen molar-refractivity contribution in [3.05, 3.63) is 42.1 Å². The average Bonchev–Trinajstić information content (AvgIpc) is 3.09. The van der Waals surface area contributed by atoms with Crippen LogP contribution in [0.2, 0.25) is 0 Å². The van der Waals surface area contributed by atoms with E-state index in [1.54, 1.807) is 0 Å². The van der Waals surface area contributed by atoms with E-state index in [-0.39, 0.29) is 5.54 Å². The first-order valence-electron chi connectivity index (χ1n) is 5.38. The third-order valence-electron chi connectivity index (χ3n) is 3.38. The fraction of sp³-hybridized carbons (Fsp3) is 0.308. The van der Waals surface area contributed by atoms with E-state index in [1.807, 2.05) is 19.3 Å². The topological polar surface area (TPSA) is 24.9 Å². The molecule has 2 heteroatoms. The van der Waals surface area contributed by atoms with Crippen molar-refractivity contribution in [3.8, 4) is 0 Å². The zero-order valence-electron chi connectivity index (χ0n) is 8.83. The van der Waals surface area contributed by atoms with Gasteiger partial charge in [0.15, 0.2) is 0 Å². The van der Waals surface area contributed by atoms with Gasteiger partial charge in [-0.15, -0.1) is 0 Å². The smallest absolute Gasteiger partial charge is 0.0702 e. The van der Waals surface area contributed by atoms with Crippen molar-refractivity contribution in [1.82, 2.24) is 10.3 Å². The number of hydrogen-bond donors (Lipinski definition) is 1. The van der Waals surface area contributed by atoms with Crippen LogP contribution in [0, 0.1) is 0 Å². The van der Waals surface area contributed by atoms with Crippen LogP contribution in [-0.4, -0.2) is 12.0 Å². The molecule has 0 unspecified atom stereocenters. The molecule has 2 nitrogen and oxygen atoms in total. The molecule has 1 aromatic heterocycles. The van der Waals surface area contributed by atoms with Crippen molar-refractivity contribution >= 4 is 10.9 Å². The molecule has 15 heavy (non-hydrogen) atoms. The first-order chi connectivity index (χ1) is 7.34. The van der Waals surface area contributed by atoms with Gasteiger partial charge in [0, 0.05) is 17.1 Å². The number of hydrogen-bond acceptors (Lipinski definition) is 2. The Morgan fingerprint density at radius 1 is 1.27 bits per heavy atom. The molecular weight excluding hydrogens is 184 g/mol. The molecule has 0 bridgehead atoms. The number of pyridine rings is 1. The van der Waals surface area contributed by atoms with Crippen molar-refractivity contribution in [3.63, 3.8) is 0 Å². The van der Waals surface area contributed by atoms with Gasteiger partial charge in [-0.3, -0.25) is 4.98 Å². The quantitative estimate of drug-likeness (QED) is 0.801. The molecule has 3 rings (SSSR count). The second-order valence-electron chi connectivity index (χ2n) is 4.24. The molecule has 0 aliphatic heterocycles. The molecule has 76 valence electrons. The number of aromatic nitrogens is 1. The predicted octanol–water partition coefficient (Wildman–Crippen LogP) is 2.44. The fourth-order valence-corrected chi connectivity index (χ4v) is 2.18. The van der Waals surface area contributed by atoms with E-state index in [4.69, 9.17) is 0 Å². The SMILES string of the molecule is CNC1(c2ccc3ncccc3c2)CC1. The fourth-order valence-electron chi connectivity index (χ4n) is 2.18. The summed E-state index contributed by atoms with van der Waals surface area (Å²) in [6.45, 7) is 0. The van der Waals surface area contributed by atoms with Gasteiger partial charge in [-0.25, -0.2) is 0 Å². The maximum Gasteiger partial charge on any atom is 0.0702 e. The van der Waals surface area contributed by atoms with Crippen LogP contribution < -0.4 is 5.32 Å². The summed E-state index contributed by atoms with van der Waals surface area (Å²) in [7, 11) is 2.04. The monoisotopic (exact) mass is 198 g/mol. The lowest BCUT2D eigenvalue weighted by molar-refractivity contribution is 0.586. The van der Waals surface area contributed by atoms with Crippen LogP contribution in [-0.2, 0) is 5.54 Å². The largest absolute Gasteiger partial charge is 0.310 e. The summed E-state index contributed by atoms with van der Waals surface area (Å²) in [4.78, 5) is 4.33. The molecular formula is C13H14N2. The zero-order chi connectivity index (χ0) is 10.3. The average molecular weight is 198 g/mol. The highest BCUT2D eigenvalue weighted by molar-refractivity contribution is 5.79. The standard InChI is InChI=1S/C13H14N2/c1-14-13(6-7-13)11-4-5-12-10(9-11)3-2-8-15-12/h2-5,8-9,14H,6-7H2,1H3. The van der Waals surface area contributed by atoms with Gasteiger partial charge in [-0.1, -0.05) is 12.1 Å². The highest BCUT2D eigenvalue weighted by Crippen LogP contribution is 2.45. The molecule has 1 N–H and O–H groups in total. The van der Waals surface area contributed by atoms with Gasteiger partial charge in [0.05, 0.1) is 5.52 Å². The molecule has 1 aromatic carbocycles. The minimum atomic E-state index is 0.254. The second kappa shape index (κ2) is 3.04.